The van der Waals surface area contributed by atoms with E-state index in [2.05, 4.69) is 22.8 Å². The molecule has 0 atom stereocenters. The highest BCUT2D eigenvalue weighted by Gasteiger charge is 2.12. The van der Waals surface area contributed by atoms with Gasteiger partial charge in [0.05, 0.1) is 6.61 Å². The van der Waals surface area contributed by atoms with Gasteiger partial charge < -0.3 is 20.1 Å². The van der Waals surface area contributed by atoms with Gasteiger partial charge in [-0.25, -0.2) is 0 Å². The average Bonchev–Trinajstić information content (AvgIpc) is 2.48. The van der Waals surface area contributed by atoms with E-state index in [9.17, 15) is 0 Å². The van der Waals surface area contributed by atoms with Crippen molar-refractivity contribution >= 4 is 5.69 Å². The summed E-state index contributed by atoms with van der Waals surface area (Å²) in [6, 6.07) is 8.15. The molecule has 1 aromatic rings. The van der Waals surface area contributed by atoms with E-state index in [1.807, 2.05) is 12.1 Å². The summed E-state index contributed by atoms with van der Waals surface area (Å²) >= 11 is 0. The van der Waals surface area contributed by atoms with E-state index < -0.39 is 0 Å². The standard InChI is InChI=1S/C15H24N2O2/c1-18-10-11-19-15-4-2-14(3-5-15)17-12-13-6-8-16-9-7-13/h2-5,13,16-17H,6-12H2,1H3. The molecule has 1 aliphatic rings. The molecule has 1 aromatic carbocycles. The Morgan fingerprint density at radius 2 is 1.89 bits per heavy atom. The number of methoxy groups -OCH3 is 1. The SMILES string of the molecule is COCCOc1ccc(NCC2CCNCC2)cc1. The molecule has 19 heavy (non-hydrogen) atoms. The Hall–Kier alpha value is -1.26. The van der Waals surface area contributed by atoms with Crippen LogP contribution in [0.4, 0.5) is 5.69 Å². The van der Waals surface area contributed by atoms with Gasteiger partial charge in [-0.15, -0.1) is 0 Å². The zero-order valence-corrected chi connectivity index (χ0v) is 11.7. The van der Waals surface area contributed by atoms with Crippen molar-refractivity contribution in [3.8, 4) is 5.75 Å². The van der Waals surface area contributed by atoms with Crippen LogP contribution in [0, 0.1) is 5.92 Å². The van der Waals surface area contributed by atoms with Gasteiger partial charge in [-0.1, -0.05) is 0 Å². The lowest BCUT2D eigenvalue weighted by molar-refractivity contribution is 0.146. The Labute approximate surface area is 115 Å². The molecule has 0 saturated carbocycles. The molecule has 1 fully saturated rings. The second-order valence-corrected chi connectivity index (χ2v) is 4.94. The van der Waals surface area contributed by atoms with Crippen molar-refractivity contribution in [1.82, 2.24) is 5.32 Å². The highest BCUT2D eigenvalue weighted by Crippen LogP contribution is 2.17. The van der Waals surface area contributed by atoms with Crippen molar-refractivity contribution in [2.45, 2.75) is 12.8 Å². The summed E-state index contributed by atoms with van der Waals surface area (Å²) in [5.41, 5.74) is 1.16. The third-order valence-corrected chi connectivity index (χ3v) is 3.46. The van der Waals surface area contributed by atoms with Crippen LogP contribution in [0.1, 0.15) is 12.8 Å². The summed E-state index contributed by atoms with van der Waals surface area (Å²) in [5.74, 6) is 1.68. The van der Waals surface area contributed by atoms with Crippen molar-refractivity contribution in [3.05, 3.63) is 24.3 Å². The average molecular weight is 264 g/mol. The van der Waals surface area contributed by atoms with Gasteiger partial charge in [0, 0.05) is 19.3 Å². The highest BCUT2D eigenvalue weighted by atomic mass is 16.5. The van der Waals surface area contributed by atoms with Gasteiger partial charge in [0.1, 0.15) is 12.4 Å². The lowest BCUT2D eigenvalue weighted by atomic mass is 9.98. The Bertz CT molecular complexity index is 348. The van der Waals surface area contributed by atoms with Crippen LogP contribution in [-0.4, -0.2) is 40.0 Å². The van der Waals surface area contributed by atoms with Crippen LogP contribution in [-0.2, 0) is 4.74 Å². The van der Waals surface area contributed by atoms with Gasteiger partial charge in [0.25, 0.3) is 0 Å². The Balaban J connectivity index is 1.71. The number of hydrogen-bond acceptors (Lipinski definition) is 4. The van der Waals surface area contributed by atoms with Crippen LogP contribution in [0.2, 0.25) is 0 Å². The highest BCUT2D eigenvalue weighted by molar-refractivity contribution is 5.46. The van der Waals surface area contributed by atoms with E-state index >= 15 is 0 Å². The molecule has 0 amide bonds. The maximum absolute atomic E-state index is 5.53. The van der Waals surface area contributed by atoms with E-state index in [-0.39, 0.29) is 0 Å². The molecule has 0 radical (unpaired) electrons. The van der Waals surface area contributed by atoms with Crippen molar-refractivity contribution in [2.24, 2.45) is 5.92 Å². The lowest BCUT2D eigenvalue weighted by Gasteiger charge is -2.23. The van der Waals surface area contributed by atoms with E-state index in [1.54, 1.807) is 7.11 Å². The minimum atomic E-state index is 0.596. The molecule has 0 unspecified atom stereocenters. The zero-order valence-electron chi connectivity index (χ0n) is 11.7. The first kappa shape index (κ1) is 14.2. The van der Waals surface area contributed by atoms with Crippen molar-refractivity contribution in [3.63, 3.8) is 0 Å². The summed E-state index contributed by atoms with van der Waals surface area (Å²) in [4.78, 5) is 0. The second kappa shape index (κ2) is 8.02. The molecule has 106 valence electrons. The number of benzene rings is 1. The maximum Gasteiger partial charge on any atom is 0.119 e. The van der Waals surface area contributed by atoms with E-state index in [0.29, 0.717) is 13.2 Å². The molecule has 0 spiro atoms. The first-order valence-electron chi connectivity index (χ1n) is 7.05. The number of ether oxygens (including phenoxy) is 2. The van der Waals surface area contributed by atoms with Crippen molar-refractivity contribution in [1.29, 1.82) is 0 Å². The molecule has 2 rings (SSSR count). The first-order chi connectivity index (χ1) is 9.38. The lowest BCUT2D eigenvalue weighted by Crippen LogP contribution is -2.31. The topological polar surface area (TPSA) is 42.5 Å². The van der Waals surface area contributed by atoms with E-state index in [4.69, 9.17) is 9.47 Å². The van der Waals surface area contributed by atoms with Gasteiger partial charge in [0.15, 0.2) is 0 Å². The molecule has 4 nitrogen and oxygen atoms in total. The number of nitrogens with one attached hydrogen (secondary N) is 2. The first-order valence-corrected chi connectivity index (χ1v) is 7.05. The third-order valence-electron chi connectivity index (χ3n) is 3.46. The largest absolute Gasteiger partial charge is 0.491 e. The normalized spacial score (nSPS) is 16.3. The van der Waals surface area contributed by atoms with Crippen molar-refractivity contribution in [2.75, 3.05) is 45.3 Å². The summed E-state index contributed by atoms with van der Waals surface area (Å²) in [7, 11) is 1.68. The Kier molecular flexibility index (Phi) is 5.98. The molecular formula is C15H24N2O2. The van der Waals surface area contributed by atoms with E-state index in [1.165, 1.54) is 12.8 Å². The van der Waals surface area contributed by atoms with Crippen molar-refractivity contribution < 1.29 is 9.47 Å². The third kappa shape index (κ3) is 5.09. The molecule has 2 N–H and O–H groups in total. The number of anilines is 1. The molecule has 0 aliphatic carbocycles. The molecule has 1 saturated heterocycles. The molecular weight excluding hydrogens is 240 g/mol. The van der Waals surface area contributed by atoms with Crippen LogP contribution in [0.3, 0.4) is 0 Å². The zero-order chi connectivity index (χ0) is 13.3. The van der Waals surface area contributed by atoms with Crippen LogP contribution >= 0.6 is 0 Å². The fraction of sp³-hybridized carbons (Fsp3) is 0.600. The van der Waals surface area contributed by atoms with Gasteiger partial charge in [-0.2, -0.15) is 0 Å². The minimum Gasteiger partial charge on any atom is -0.491 e. The summed E-state index contributed by atoms with van der Waals surface area (Å²) < 4.78 is 10.5. The van der Waals surface area contributed by atoms with Gasteiger partial charge in [0.2, 0.25) is 0 Å². The molecule has 0 bridgehead atoms. The fourth-order valence-electron chi connectivity index (χ4n) is 2.26. The van der Waals surface area contributed by atoms with Crippen LogP contribution < -0.4 is 15.4 Å². The monoisotopic (exact) mass is 264 g/mol. The molecule has 1 aliphatic heterocycles. The number of hydrogen-bond donors (Lipinski definition) is 2. The molecule has 4 heteroatoms. The maximum atomic E-state index is 5.53. The number of rotatable bonds is 7. The van der Waals surface area contributed by atoms with Gasteiger partial charge in [-0.3, -0.25) is 0 Å². The molecule has 0 aromatic heterocycles. The fourth-order valence-corrected chi connectivity index (χ4v) is 2.26. The number of piperidine rings is 1. The summed E-state index contributed by atoms with van der Waals surface area (Å²) in [5, 5.41) is 6.89. The predicted molar refractivity (Wildman–Crippen MR) is 77.9 cm³/mol. The Morgan fingerprint density at radius 1 is 1.16 bits per heavy atom. The summed E-state index contributed by atoms with van der Waals surface area (Å²) in [6.07, 6.45) is 2.54. The second-order valence-electron chi connectivity index (χ2n) is 4.94. The molecule has 1 heterocycles. The minimum absolute atomic E-state index is 0.596. The van der Waals surface area contributed by atoms with E-state index in [0.717, 1.165) is 37.0 Å². The van der Waals surface area contributed by atoms with Crippen LogP contribution in [0.15, 0.2) is 24.3 Å². The summed E-state index contributed by atoms with van der Waals surface area (Å²) in [6.45, 7) is 4.58. The quantitative estimate of drug-likeness (QED) is 0.740. The van der Waals surface area contributed by atoms with Gasteiger partial charge >= 0.3 is 0 Å². The smallest absolute Gasteiger partial charge is 0.119 e. The van der Waals surface area contributed by atoms with Crippen LogP contribution in [0.5, 0.6) is 5.75 Å². The predicted octanol–water partition coefficient (Wildman–Crippen LogP) is 2.12. The van der Waals surface area contributed by atoms with Crippen LogP contribution in [0.25, 0.3) is 0 Å². The van der Waals surface area contributed by atoms with Gasteiger partial charge in [-0.05, 0) is 56.1 Å². The Morgan fingerprint density at radius 3 is 2.58 bits per heavy atom.